The van der Waals surface area contributed by atoms with Crippen LogP contribution >= 0.6 is 0 Å². The third-order valence-corrected chi connectivity index (χ3v) is 7.17. The van der Waals surface area contributed by atoms with Crippen molar-refractivity contribution < 1.29 is 26.0 Å². The first-order valence-electron chi connectivity index (χ1n) is 7.70. The van der Waals surface area contributed by atoms with E-state index in [1.807, 2.05) is 0 Å². The molecule has 1 fully saturated rings. The summed E-state index contributed by atoms with van der Waals surface area (Å²) in [5.74, 6) is -0.800. The molecule has 1 saturated heterocycles. The summed E-state index contributed by atoms with van der Waals surface area (Å²) < 4.78 is 71.1. The van der Waals surface area contributed by atoms with Gasteiger partial charge in [0.15, 0.2) is 11.6 Å². The molecule has 0 bridgehead atoms. The summed E-state index contributed by atoms with van der Waals surface area (Å²) in [5.41, 5.74) is 0.560. The molecule has 10 heteroatoms. The van der Waals surface area contributed by atoms with Gasteiger partial charge in [0.05, 0.1) is 29.1 Å². The van der Waals surface area contributed by atoms with Crippen molar-refractivity contribution in [3.8, 4) is 5.75 Å². The zero-order valence-electron chi connectivity index (χ0n) is 13.8. The number of benzene rings is 2. The van der Waals surface area contributed by atoms with Gasteiger partial charge in [-0.05, 0) is 42.8 Å². The highest BCUT2D eigenvalue weighted by Gasteiger charge is 2.28. The van der Waals surface area contributed by atoms with Crippen LogP contribution in [-0.4, -0.2) is 36.2 Å². The lowest BCUT2D eigenvalue weighted by Crippen LogP contribution is -2.25. The van der Waals surface area contributed by atoms with Crippen LogP contribution in [0.15, 0.2) is 47.4 Å². The molecule has 1 heterocycles. The van der Waals surface area contributed by atoms with E-state index in [0.29, 0.717) is 18.7 Å². The zero-order chi connectivity index (χ0) is 18.9. The third kappa shape index (κ3) is 3.61. The topological polar surface area (TPSA) is 92.8 Å². The van der Waals surface area contributed by atoms with E-state index < -0.39 is 25.9 Å². The second-order valence-electron chi connectivity index (χ2n) is 5.69. The molecule has 0 aliphatic carbocycles. The van der Waals surface area contributed by atoms with Crippen LogP contribution in [0.1, 0.15) is 6.42 Å². The minimum absolute atomic E-state index is 0.0636. The molecule has 140 valence electrons. The molecule has 0 saturated carbocycles. The number of rotatable bonds is 5. The Morgan fingerprint density at radius 1 is 1.19 bits per heavy atom. The van der Waals surface area contributed by atoms with Gasteiger partial charge in [0.2, 0.25) is 10.0 Å². The lowest BCUT2D eigenvalue weighted by atomic mass is 10.3. The predicted octanol–water partition coefficient (Wildman–Crippen LogP) is 2.17. The highest BCUT2D eigenvalue weighted by atomic mass is 32.2. The van der Waals surface area contributed by atoms with Gasteiger partial charge in [-0.3, -0.25) is 9.03 Å². The first kappa shape index (κ1) is 18.5. The second kappa shape index (κ2) is 6.76. The second-order valence-corrected chi connectivity index (χ2v) is 9.39. The Hall–Kier alpha value is -2.33. The first-order valence-corrected chi connectivity index (χ1v) is 10.8. The molecule has 1 aliphatic rings. The van der Waals surface area contributed by atoms with E-state index in [4.69, 9.17) is 4.74 Å². The average Bonchev–Trinajstić information content (AvgIpc) is 2.94. The number of ether oxygens (including phenoxy) is 1. The number of anilines is 2. The van der Waals surface area contributed by atoms with Crippen molar-refractivity contribution in [3.63, 3.8) is 0 Å². The Balaban J connectivity index is 1.89. The van der Waals surface area contributed by atoms with Crippen molar-refractivity contribution >= 4 is 31.4 Å². The van der Waals surface area contributed by atoms with Gasteiger partial charge in [-0.2, -0.15) is 0 Å². The minimum atomic E-state index is -4.04. The van der Waals surface area contributed by atoms with Gasteiger partial charge < -0.3 is 4.74 Å². The summed E-state index contributed by atoms with van der Waals surface area (Å²) in [6.07, 6.45) is 0.517. The molecular weight excluding hydrogens is 383 g/mol. The highest BCUT2D eigenvalue weighted by molar-refractivity contribution is 7.93. The number of nitrogens with one attached hydrogen (secondary N) is 1. The Labute approximate surface area is 151 Å². The summed E-state index contributed by atoms with van der Waals surface area (Å²) in [7, 11) is -6.14. The van der Waals surface area contributed by atoms with Crippen molar-refractivity contribution in [2.45, 2.75) is 11.3 Å². The monoisotopic (exact) mass is 400 g/mol. The SMILES string of the molecule is COc1ccc(S(=O)(=O)Nc2cccc(N3CCCS3(=O)=O)c2)cc1F. The molecule has 2 aromatic rings. The third-order valence-electron chi connectivity index (χ3n) is 3.92. The van der Waals surface area contributed by atoms with Crippen molar-refractivity contribution in [1.82, 2.24) is 0 Å². The standard InChI is InChI=1S/C16H17FN2O5S2/c1-24-16-7-6-14(11-15(16)17)26(22,23)18-12-4-2-5-13(10-12)19-8-3-9-25(19,20)21/h2,4-7,10-11,18H,3,8-9H2,1H3. The zero-order valence-corrected chi connectivity index (χ0v) is 15.5. The van der Waals surface area contributed by atoms with Gasteiger partial charge in [-0.25, -0.2) is 21.2 Å². The predicted molar refractivity (Wildman–Crippen MR) is 96.0 cm³/mol. The van der Waals surface area contributed by atoms with Crippen LogP contribution in [0, 0.1) is 5.82 Å². The number of hydrogen-bond donors (Lipinski definition) is 1. The van der Waals surface area contributed by atoms with Gasteiger partial charge >= 0.3 is 0 Å². The lowest BCUT2D eigenvalue weighted by Gasteiger charge is -2.18. The molecule has 1 aliphatic heterocycles. The molecule has 2 aromatic carbocycles. The van der Waals surface area contributed by atoms with E-state index in [9.17, 15) is 21.2 Å². The molecule has 0 unspecified atom stereocenters. The molecular formula is C16H17FN2O5S2. The highest BCUT2D eigenvalue weighted by Crippen LogP contribution is 2.28. The van der Waals surface area contributed by atoms with E-state index in [2.05, 4.69) is 4.72 Å². The Kier molecular flexibility index (Phi) is 4.80. The summed E-state index contributed by atoms with van der Waals surface area (Å²) in [6.45, 7) is 0.349. The van der Waals surface area contributed by atoms with Crippen molar-refractivity contribution in [3.05, 3.63) is 48.3 Å². The van der Waals surface area contributed by atoms with Crippen LogP contribution in [0.4, 0.5) is 15.8 Å². The summed E-state index contributed by atoms with van der Waals surface area (Å²) in [5, 5.41) is 0. The van der Waals surface area contributed by atoms with E-state index >= 15 is 0 Å². The van der Waals surface area contributed by atoms with Crippen LogP contribution in [0.3, 0.4) is 0 Å². The number of sulfonamides is 2. The number of halogens is 1. The molecule has 1 N–H and O–H groups in total. The molecule has 3 rings (SSSR count). The average molecular weight is 400 g/mol. The Morgan fingerprint density at radius 3 is 2.58 bits per heavy atom. The Morgan fingerprint density at radius 2 is 1.96 bits per heavy atom. The summed E-state index contributed by atoms with van der Waals surface area (Å²) in [4.78, 5) is -0.269. The quantitative estimate of drug-likeness (QED) is 0.830. The molecule has 0 aromatic heterocycles. The largest absolute Gasteiger partial charge is 0.494 e. The summed E-state index contributed by atoms with van der Waals surface area (Å²) >= 11 is 0. The normalized spacial score (nSPS) is 16.5. The molecule has 0 radical (unpaired) electrons. The van der Waals surface area contributed by atoms with Gasteiger partial charge in [0.25, 0.3) is 10.0 Å². The maximum absolute atomic E-state index is 13.8. The minimum Gasteiger partial charge on any atom is -0.494 e. The fourth-order valence-electron chi connectivity index (χ4n) is 2.68. The lowest BCUT2D eigenvalue weighted by molar-refractivity contribution is 0.385. The van der Waals surface area contributed by atoms with Gasteiger partial charge in [0.1, 0.15) is 0 Å². The number of methoxy groups -OCH3 is 1. The molecule has 0 spiro atoms. The van der Waals surface area contributed by atoms with Gasteiger partial charge in [-0.1, -0.05) is 6.07 Å². The van der Waals surface area contributed by atoms with E-state index in [1.54, 1.807) is 12.1 Å². The molecule has 0 amide bonds. The van der Waals surface area contributed by atoms with Gasteiger partial charge in [0, 0.05) is 6.54 Å². The first-order chi connectivity index (χ1) is 12.2. The molecule has 7 nitrogen and oxygen atoms in total. The maximum atomic E-state index is 13.8. The van der Waals surface area contributed by atoms with Gasteiger partial charge in [-0.15, -0.1) is 0 Å². The summed E-state index contributed by atoms with van der Waals surface area (Å²) in [6, 6.07) is 9.36. The fraction of sp³-hybridized carbons (Fsp3) is 0.250. The van der Waals surface area contributed by atoms with E-state index in [0.717, 1.165) is 6.07 Å². The van der Waals surface area contributed by atoms with Crippen LogP contribution in [0.25, 0.3) is 0 Å². The number of hydrogen-bond acceptors (Lipinski definition) is 5. The maximum Gasteiger partial charge on any atom is 0.262 e. The smallest absolute Gasteiger partial charge is 0.262 e. The van der Waals surface area contributed by atoms with E-state index in [1.165, 1.54) is 35.7 Å². The number of nitrogens with zero attached hydrogens (tertiary/aromatic N) is 1. The van der Waals surface area contributed by atoms with Crippen LogP contribution < -0.4 is 13.8 Å². The Bertz CT molecular complexity index is 1040. The van der Waals surface area contributed by atoms with Crippen LogP contribution in [0.2, 0.25) is 0 Å². The van der Waals surface area contributed by atoms with Crippen molar-refractivity contribution in [2.75, 3.05) is 28.4 Å². The van der Waals surface area contributed by atoms with Crippen LogP contribution in [-0.2, 0) is 20.0 Å². The van der Waals surface area contributed by atoms with Crippen LogP contribution in [0.5, 0.6) is 5.75 Å². The van der Waals surface area contributed by atoms with Crippen molar-refractivity contribution in [1.29, 1.82) is 0 Å². The van der Waals surface area contributed by atoms with E-state index in [-0.39, 0.29) is 22.1 Å². The fourth-order valence-corrected chi connectivity index (χ4v) is 5.30. The molecule has 0 atom stereocenters. The van der Waals surface area contributed by atoms with Crippen molar-refractivity contribution in [2.24, 2.45) is 0 Å². The molecule has 26 heavy (non-hydrogen) atoms.